The summed E-state index contributed by atoms with van der Waals surface area (Å²) in [5.41, 5.74) is 1.71. The molecule has 0 saturated carbocycles. The van der Waals surface area contributed by atoms with E-state index in [1.165, 1.54) is 5.56 Å². The number of hydrogen-bond acceptors (Lipinski definition) is 5. The third-order valence-corrected chi connectivity index (χ3v) is 7.33. The number of sulfone groups is 1. The average Bonchev–Trinajstić information content (AvgIpc) is 2.83. The lowest BCUT2D eigenvalue weighted by Crippen LogP contribution is -2.53. The summed E-state index contributed by atoms with van der Waals surface area (Å²) in [4.78, 5) is 16.8. The minimum Gasteiger partial charge on any atom is -0.369 e. The van der Waals surface area contributed by atoms with E-state index in [1.807, 2.05) is 25.1 Å². The third kappa shape index (κ3) is 4.69. The summed E-state index contributed by atoms with van der Waals surface area (Å²) in [5.74, 6) is 0.0895. The van der Waals surface area contributed by atoms with Gasteiger partial charge >= 0.3 is 0 Å². The van der Waals surface area contributed by atoms with Crippen LogP contribution in [0, 0.1) is 6.92 Å². The monoisotopic (exact) mass is 399 g/mol. The van der Waals surface area contributed by atoms with Crippen LogP contribution in [0.5, 0.6) is 0 Å². The van der Waals surface area contributed by atoms with Gasteiger partial charge in [0.2, 0.25) is 5.91 Å². The van der Waals surface area contributed by atoms with Crippen LogP contribution in [0.3, 0.4) is 0 Å². The van der Waals surface area contributed by atoms with Crippen molar-refractivity contribution in [2.75, 3.05) is 49.1 Å². The highest BCUT2D eigenvalue weighted by Crippen LogP contribution is 2.25. The molecule has 1 N–H and O–H groups in total. The molecular weight excluding hydrogens is 374 g/mol. The second-order valence-electron chi connectivity index (χ2n) is 7.64. The summed E-state index contributed by atoms with van der Waals surface area (Å²) in [6.45, 7) is 7.43. The summed E-state index contributed by atoms with van der Waals surface area (Å²) >= 11 is 6.11. The minimum atomic E-state index is -3.02. The van der Waals surface area contributed by atoms with Gasteiger partial charge in [-0.1, -0.05) is 17.7 Å². The number of aryl methyl sites for hydroxylation is 1. The molecule has 144 valence electrons. The number of halogens is 1. The molecule has 2 saturated heterocycles. The topological polar surface area (TPSA) is 69.7 Å². The number of amides is 1. The zero-order valence-corrected chi connectivity index (χ0v) is 16.9. The van der Waals surface area contributed by atoms with Crippen LogP contribution in [-0.4, -0.2) is 69.0 Å². The molecule has 2 heterocycles. The molecule has 2 aliphatic rings. The average molecular weight is 400 g/mol. The van der Waals surface area contributed by atoms with Gasteiger partial charge in [0.25, 0.3) is 0 Å². The predicted octanol–water partition coefficient (Wildman–Crippen LogP) is 1.46. The van der Waals surface area contributed by atoms with E-state index in [0.29, 0.717) is 13.0 Å². The highest BCUT2D eigenvalue weighted by molar-refractivity contribution is 7.91. The maximum atomic E-state index is 12.4. The number of hydrogen-bond donors (Lipinski definition) is 1. The van der Waals surface area contributed by atoms with E-state index >= 15 is 0 Å². The molecule has 6 nitrogen and oxygen atoms in total. The lowest BCUT2D eigenvalue weighted by molar-refractivity contribution is -0.123. The number of anilines is 1. The van der Waals surface area contributed by atoms with Gasteiger partial charge in [-0.15, -0.1) is 0 Å². The van der Waals surface area contributed by atoms with E-state index in [2.05, 4.69) is 22.0 Å². The van der Waals surface area contributed by atoms with Crippen molar-refractivity contribution in [1.29, 1.82) is 0 Å². The van der Waals surface area contributed by atoms with Gasteiger partial charge in [0.1, 0.15) is 0 Å². The number of carbonyl (C=O) groups is 1. The van der Waals surface area contributed by atoms with Crippen LogP contribution in [0.15, 0.2) is 18.2 Å². The number of nitrogens with one attached hydrogen (secondary N) is 1. The fraction of sp³-hybridized carbons (Fsp3) is 0.611. The first-order chi connectivity index (χ1) is 12.2. The number of nitrogens with zero attached hydrogens (tertiary/aromatic N) is 2. The lowest BCUT2D eigenvalue weighted by Gasteiger charge is -2.37. The predicted molar refractivity (Wildman–Crippen MR) is 105 cm³/mol. The Bertz CT molecular complexity index is 791. The Morgan fingerprint density at radius 1 is 1.27 bits per heavy atom. The van der Waals surface area contributed by atoms with Gasteiger partial charge in [-0.3, -0.25) is 9.69 Å². The second kappa shape index (κ2) is 7.37. The zero-order chi connectivity index (χ0) is 18.9. The SMILES string of the molecule is Cc1ccc(Cl)cc1N1CCN(CC(=O)NC2(C)CCS(=O)(=O)C2)CC1. The van der Waals surface area contributed by atoms with Gasteiger partial charge < -0.3 is 10.2 Å². The number of piperazine rings is 1. The number of carbonyl (C=O) groups excluding carboxylic acids is 1. The van der Waals surface area contributed by atoms with Gasteiger partial charge in [0.05, 0.1) is 23.6 Å². The van der Waals surface area contributed by atoms with E-state index in [1.54, 1.807) is 0 Å². The molecule has 0 radical (unpaired) electrons. The van der Waals surface area contributed by atoms with Crippen LogP contribution in [-0.2, 0) is 14.6 Å². The Balaban J connectivity index is 1.51. The Labute approximate surface area is 160 Å². The van der Waals surface area contributed by atoms with E-state index in [0.717, 1.165) is 36.9 Å². The van der Waals surface area contributed by atoms with Crippen molar-refractivity contribution in [1.82, 2.24) is 10.2 Å². The molecule has 1 aromatic carbocycles. The van der Waals surface area contributed by atoms with Crippen molar-refractivity contribution in [3.8, 4) is 0 Å². The standard InChI is InChI=1S/C18H26ClN3O3S/c1-14-3-4-15(19)11-16(14)22-8-6-21(7-9-22)12-17(23)20-18(2)5-10-26(24,25)13-18/h3-4,11H,5-10,12-13H2,1-2H3,(H,20,23). The first-order valence-corrected chi connectivity index (χ1v) is 11.1. The first-order valence-electron chi connectivity index (χ1n) is 8.91. The Hall–Kier alpha value is -1.31. The largest absolute Gasteiger partial charge is 0.369 e. The summed E-state index contributed by atoms with van der Waals surface area (Å²) in [6.07, 6.45) is 0.489. The number of rotatable bonds is 4. The van der Waals surface area contributed by atoms with Gasteiger partial charge in [-0.05, 0) is 38.0 Å². The quantitative estimate of drug-likeness (QED) is 0.830. The molecule has 3 rings (SSSR count). The van der Waals surface area contributed by atoms with Crippen LogP contribution >= 0.6 is 11.6 Å². The summed E-state index contributed by atoms with van der Waals surface area (Å²) in [6, 6.07) is 5.90. The van der Waals surface area contributed by atoms with Crippen LogP contribution < -0.4 is 10.2 Å². The molecule has 0 aliphatic carbocycles. The highest BCUT2D eigenvalue weighted by atomic mass is 35.5. The van der Waals surface area contributed by atoms with Crippen molar-refractivity contribution < 1.29 is 13.2 Å². The summed E-state index contributed by atoms with van der Waals surface area (Å²) in [7, 11) is -3.02. The molecule has 0 aromatic heterocycles. The van der Waals surface area contributed by atoms with E-state index in [9.17, 15) is 13.2 Å². The zero-order valence-electron chi connectivity index (χ0n) is 15.3. The van der Waals surface area contributed by atoms with E-state index < -0.39 is 15.4 Å². The third-order valence-electron chi connectivity index (χ3n) is 5.20. The van der Waals surface area contributed by atoms with Crippen LogP contribution in [0.25, 0.3) is 0 Å². The molecule has 1 aromatic rings. The van der Waals surface area contributed by atoms with E-state index in [4.69, 9.17) is 11.6 Å². The van der Waals surface area contributed by atoms with Crippen molar-refractivity contribution in [2.45, 2.75) is 25.8 Å². The summed E-state index contributed by atoms with van der Waals surface area (Å²) < 4.78 is 23.3. The fourth-order valence-corrected chi connectivity index (χ4v) is 6.02. The number of benzene rings is 1. The molecule has 0 bridgehead atoms. The molecular formula is C18H26ClN3O3S. The highest BCUT2D eigenvalue weighted by Gasteiger charge is 2.39. The van der Waals surface area contributed by atoms with Crippen molar-refractivity contribution in [3.63, 3.8) is 0 Å². The van der Waals surface area contributed by atoms with Crippen LogP contribution in [0.2, 0.25) is 5.02 Å². The Morgan fingerprint density at radius 3 is 2.58 bits per heavy atom. The van der Waals surface area contributed by atoms with Crippen molar-refractivity contribution >= 4 is 33.0 Å². The minimum absolute atomic E-state index is 0.0353. The molecule has 1 amide bonds. The van der Waals surface area contributed by atoms with Crippen LogP contribution in [0.4, 0.5) is 5.69 Å². The molecule has 26 heavy (non-hydrogen) atoms. The maximum absolute atomic E-state index is 12.4. The fourth-order valence-electron chi connectivity index (χ4n) is 3.76. The molecule has 1 unspecified atom stereocenters. The van der Waals surface area contributed by atoms with Crippen LogP contribution in [0.1, 0.15) is 18.9 Å². The second-order valence-corrected chi connectivity index (χ2v) is 10.3. The van der Waals surface area contributed by atoms with E-state index in [-0.39, 0.29) is 17.4 Å². The molecule has 0 spiro atoms. The molecule has 8 heteroatoms. The molecule has 1 atom stereocenters. The Morgan fingerprint density at radius 2 is 1.96 bits per heavy atom. The Kier molecular flexibility index (Phi) is 5.51. The van der Waals surface area contributed by atoms with Gasteiger partial charge in [0.15, 0.2) is 9.84 Å². The molecule has 2 aliphatic heterocycles. The summed E-state index contributed by atoms with van der Waals surface area (Å²) in [5, 5.41) is 3.66. The molecule has 2 fully saturated rings. The van der Waals surface area contributed by atoms with Gasteiger partial charge in [0, 0.05) is 36.9 Å². The maximum Gasteiger partial charge on any atom is 0.234 e. The van der Waals surface area contributed by atoms with Crippen molar-refractivity contribution in [3.05, 3.63) is 28.8 Å². The van der Waals surface area contributed by atoms with Gasteiger partial charge in [-0.25, -0.2) is 8.42 Å². The smallest absolute Gasteiger partial charge is 0.234 e. The lowest BCUT2D eigenvalue weighted by atomic mass is 10.0. The first kappa shape index (κ1) is 19.5. The van der Waals surface area contributed by atoms with Crippen molar-refractivity contribution in [2.24, 2.45) is 0 Å². The van der Waals surface area contributed by atoms with Gasteiger partial charge in [-0.2, -0.15) is 0 Å². The normalized spacial score (nSPS) is 26.0.